The molecule has 0 amide bonds. The number of thioether (sulfide) groups is 1. The van der Waals surface area contributed by atoms with Crippen molar-refractivity contribution in [1.29, 1.82) is 0 Å². The van der Waals surface area contributed by atoms with Crippen molar-refractivity contribution in [3.63, 3.8) is 0 Å². The summed E-state index contributed by atoms with van der Waals surface area (Å²) < 4.78 is 1.14. The third-order valence-corrected chi connectivity index (χ3v) is 4.49. The van der Waals surface area contributed by atoms with Crippen LogP contribution in [0.2, 0.25) is 0 Å². The number of benzene rings is 1. The highest BCUT2D eigenvalue weighted by atomic mass is 79.9. The van der Waals surface area contributed by atoms with E-state index in [1.807, 2.05) is 18.7 Å². The van der Waals surface area contributed by atoms with Gasteiger partial charge in [-0.15, -0.1) is 11.3 Å². The molecular formula is C12H12BrNS2. The van der Waals surface area contributed by atoms with Gasteiger partial charge in [-0.25, -0.2) is 4.98 Å². The fraction of sp³-hybridized carbons (Fsp3) is 0.250. The Morgan fingerprint density at radius 2 is 2.00 bits per heavy atom. The van der Waals surface area contributed by atoms with Crippen molar-refractivity contribution in [3.05, 3.63) is 50.4 Å². The zero-order valence-electron chi connectivity index (χ0n) is 8.94. The van der Waals surface area contributed by atoms with Crippen LogP contribution in [0.15, 0.2) is 34.1 Å². The van der Waals surface area contributed by atoms with E-state index in [2.05, 4.69) is 50.6 Å². The van der Waals surface area contributed by atoms with E-state index in [0.29, 0.717) is 0 Å². The van der Waals surface area contributed by atoms with Crippen LogP contribution in [0.1, 0.15) is 16.3 Å². The van der Waals surface area contributed by atoms with Crippen LogP contribution in [0.3, 0.4) is 0 Å². The van der Waals surface area contributed by atoms with Crippen LogP contribution in [-0.2, 0) is 11.5 Å². The molecule has 0 spiro atoms. The average molecular weight is 314 g/mol. The Morgan fingerprint density at radius 3 is 2.62 bits per heavy atom. The first-order valence-electron chi connectivity index (χ1n) is 4.97. The summed E-state index contributed by atoms with van der Waals surface area (Å²) in [5.41, 5.74) is 2.56. The zero-order valence-corrected chi connectivity index (χ0v) is 12.2. The van der Waals surface area contributed by atoms with Gasteiger partial charge in [-0.2, -0.15) is 11.8 Å². The van der Waals surface area contributed by atoms with E-state index < -0.39 is 0 Å². The summed E-state index contributed by atoms with van der Waals surface area (Å²) in [6.07, 6.45) is 0. The van der Waals surface area contributed by atoms with Crippen LogP contribution >= 0.6 is 39.0 Å². The Morgan fingerprint density at radius 1 is 1.25 bits per heavy atom. The molecule has 0 saturated carbocycles. The number of thiazole rings is 1. The highest BCUT2D eigenvalue weighted by Crippen LogP contribution is 2.20. The molecule has 0 aliphatic carbocycles. The highest BCUT2D eigenvalue weighted by Gasteiger charge is 1.99. The number of hydrogen-bond acceptors (Lipinski definition) is 3. The van der Waals surface area contributed by atoms with Gasteiger partial charge in [0.2, 0.25) is 0 Å². The number of rotatable bonds is 4. The van der Waals surface area contributed by atoms with Gasteiger partial charge >= 0.3 is 0 Å². The molecule has 0 aliphatic rings. The lowest BCUT2D eigenvalue weighted by Crippen LogP contribution is -1.83. The molecule has 1 aromatic carbocycles. The highest BCUT2D eigenvalue weighted by molar-refractivity contribution is 9.10. The number of aromatic nitrogens is 1. The first-order valence-corrected chi connectivity index (χ1v) is 7.80. The Labute approximate surface area is 112 Å². The SMILES string of the molecule is Cc1nc(CSCc2ccc(Br)cc2)cs1. The lowest BCUT2D eigenvalue weighted by molar-refractivity contribution is 1.18. The van der Waals surface area contributed by atoms with Gasteiger partial charge in [-0.1, -0.05) is 28.1 Å². The molecule has 16 heavy (non-hydrogen) atoms. The van der Waals surface area contributed by atoms with Crippen molar-refractivity contribution in [2.45, 2.75) is 18.4 Å². The first-order chi connectivity index (χ1) is 7.74. The molecule has 0 radical (unpaired) electrons. The molecule has 0 saturated heterocycles. The third kappa shape index (κ3) is 3.61. The van der Waals surface area contributed by atoms with Gasteiger partial charge in [-0.05, 0) is 24.6 Å². The molecule has 2 rings (SSSR count). The van der Waals surface area contributed by atoms with Crippen LogP contribution in [0.25, 0.3) is 0 Å². The second-order valence-electron chi connectivity index (χ2n) is 3.48. The number of nitrogens with zero attached hydrogens (tertiary/aromatic N) is 1. The monoisotopic (exact) mass is 313 g/mol. The second kappa shape index (κ2) is 5.84. The molecule has 1 nitrogen and oxygen atoms in total. The van der Waals surface area contributed by atoms with E-state index in [-0.39, 0.29) is 0 Å². The molecule has 0 aliphatic heterocycles. The van der Waals surface area contributed by atoms with E-state index in [0.717, 1.165) is 21.0 Å². The van der Waals surface area contributed by atoms with E-state index >= 15 is 0 Å². The molecule has 0 bridgehead atoms. The number of aryl methyl sites for hydroxylation is 1. The molecule has 4 heteroatoms. The molecule has 1 aromatic heterocycles. The Hall–Kier alpha value is -0.320. The van der Waals surface area contributed by atoms with Gasteiger partial charge in [0.15, 0.2) is 0 Å². The third-order valence-electron chi connectivity index (χ3n) is 2.10. The largest absolute Gasteiger partial charge is 0.246 e. The number of halogens is 1. The minimum atomic E-state index is 1.00. The van der Waals surface area contributed by atoms with E-state index in [1.54, 1.807) is 11.3 Å². The quantitative estimate of drug-likeness (QED) is 0.815. The Kier molecular flexibility index (Phi) is 4.44. The fourth-order valence-corrected chi connectivity index (χ4v) is 3.20. The van der Waals surface area contributed by atoms with E-state index in [9.17, 15) is 0 Å². The molecule has 2 aromatic rings. The summed E-state index contributed by atoms with van der Waals surface area (Å²) in [4.78, 5) is 4.45. The van der Waals surface area contributed by atoms with Gasteiger partial charge in [0.1, 0.15) is 0 Å². The second-order valence-corrected chi connectivity index (χ2v) is 6.44. The lowest BCUT2D eigenvalue weighted by Gasteiger charge is -2.00. The van der Waals surface area contributed by atoms with Crippen molar-refractivity contribution in [2.75, 3.05) is 0 Å². The summed E-state index contributed by atoms with van der Waals surface area (Å²) in [6, 6.07) is 8.48. The summed E-state index contributed by atoms with van der Waals surface area (Å²) in [7, 11) is 0. The lowest BCUT2D eigenvalue weighted by atomic mass is 10.2. The van der Waals surface area contributed by atoms with Gasteiger partial charge in [0.05, 0.1) is 10.7 Å². The Bertz CT molecular complexity index is 450. The molecule has 0 N–H and O–H groups in total. The van der Waals surface area contributed by atoms with Crippen molar-refractivity contribution < 1.29 is 0 Å². The van der Waals surface area contributed by atoms with Gasteiger partial charge in [0, 0.05) is 21.4 Å². The number of hydrogen-bond donors (Lipinski definition) is 0. The summed E-state index contributed by atoms with van der Waals surface area (Å²) >= 11 is 7.07. The topological polar surface area (TPSA) is 12.9 Å². The molecule has 0 fully saturated rings. The predicted molar refractivity (Wildman–Crippen MR) is 76.0 cm³/mol. The predicted octanol–water partition coefficient (Wildman–Crippen LogP) is 4.65. The molecule has 0 unspecified atom stereocenters. The van der Waals surface area contributed by atoms with Crippen LogP contribution < -0.4 is 0 Å². The molecule has 0 atom stereocenters. The summed E-state index contributed by atoms with van der Waals surface area (Å²) in [5.74, 6) is 2.05. The fourth-order valence-electron chi connectivity index (χ4n) is 1.33. The average Bonchev–Trinajstić information content (AvgIpc) is 2.67. The van der Waals surface area contributed by atoms with Crippen LogP contribution in [0.4, 0.5) is 0 Å². The first kappa shape index (κ1) is 12.1. The maximum absolute atomic E-state index is 4.45. The molecule has 1 heterocycles. The van der Waals surface area contributed by atoms with Gasteiger partial charge < -0.3 is 0 Å². The smallest absolute Gasteiger partial charge is 0.0897 e. The minimum Gasteiger partial charge on any atom is -0.246 e. The zero-order chi connectivity index (χ0) is 11.4. The Balaban J connectivity index is 1.82. The molecule has 84 valence electrons. The van der Waals surface area contributed by atoms with E-state index in [1.165, 1.54) is 11.3 Å². The minimum absolute atomic E-state index is 1.00. The summed E-state index contributed by atoms with van der Waals surface area (Å²) in [6.45, 7) is 2.05. The van der Waals surface area contributed by atoms with Crippen LogP contribution in [0.5, 0.6) is 0 Å². The normalized spacial score (nSPS) is 10.6. The van der Waals surface area contributed by atoms with Gasteiger partial charge in [0.25, 0.3) is 0 Å². The van der Waals surface area contributed by atoms with Crippen LogP contribution in [0, 0.1) is 6.92 Å². The molecular weight excluding hydrogens is 302 g/mol. The maximum Gasteiger partial charge on any atom is 0.0897 e. The standard InChI is InChI=1S/C12H12BrNS2/c1-9-14-12(8-16-9)7-15-6-10-2-4-11(13)5-3-10/h2-5,8H,6-7H2,1H3. The summed E-state index contributed by atoms with van der Waals surface area (Å²) in [5, 5.41) is 3.29. The van der Waals surface area contributed by atoms with Crippen molar-refractivity contribution in [2.24, 2.45) is 0 Å². The van der Waals surface area contributed by atoms with Crippen molar-refractivity contribution in [1.82, 2.24) is 4.98 Å². The van der Waals surface area contributed by atoms with Crippen molar-refractivity contribution in [3.8, 4) is 0 Å². The maximum atomic E-state index is 4.45. The van der Waals surface area contributed by atoms with E-state index in [4.69, 9.17) is 0 Å². The van der Waals surface area contributed by atoms with Crippen LogP contribution in [-0.4, -0.2) is 4.98 Å². The van der Waals surface area contributed by atoms with Crippen molar-refractivity contribution >= 4 is 39.0 Å². The van der Waals surface area contributed by atoms with Gasteiger partial charge in [-0.3, -0.25) is 0 Å².